The minimum atomic E-state index is -0.0159. The van der Waals surface area contributed by atoms with Crippen molar-refractivity contribution in [2.45, 2.75) is 32.8 Å². The predicted molar refractivity (Wildman–Crippen MR) is 87.7 cm³/mol. The van der Waals surface area contributed by atoms with Crippen LogP contribution in [0.4, 0.5) is 5.69 Å². The normalized spacial score (nSPS) is 12.5. The summed E-state index contributed by atoms with van der Waals surface area (Å²) in [5, 5.41) is 15.9. The molecule has 0 aromatic carbocycles. The third-order valence-corrected chi connectivity index (χ3v) is 3.43. The van der Waals surface area contributed by atoms with Gasteiger partial charge in [0.1, 0.15) is 18.2 Å². The third kappa shape index (κ3) is 3.56. The molecule has 0 aliphatic heterocycles. The summed E-state index contributed by atoms with van der Waals surface area (Å²) in [4.78, 5) is 4.05. The standard InChI is InChI=1S/C16H20N6O/c1-11(2)14-7-15(16-20-19-10-22(16)21-14)18-8-12(3)23-13-5-4-6-17-9-13/h4-7,9-12,18H,8H2,1-3H3. The highest BCUT2D eigenvalue weighted by atomic mass is 16.5. The Balaban J connectivity index is 1.72. The largest absolute Gasteiger partial charge is 0.487 e. The summed E-state index contributed by atoms with van der Waals surface area (Å²) >= 11 is 0. The second-order valence-electron chi connectivity index (χ2n) is 5.73. The molecule has 3 rings (SSSR count). The SMILES string of the molecule is CC(CNc1cc(C(C)C)nn2cnnc12)Oc1cccnc1. The Morgan fingerprint density at radius 3 is 2.91 bits per heavy atom. The van der Waals surface area contributed by atoms with Gasteiger partial charge >= 0.3 is 0 Å². The number of hydrogen-bond donors (Lipinski definition) is 1. The van der Waals surface area contributed by atoms with Crippen molar-refractivity contribution in [3.63, 3.8) is 0 Å². The lowest BCUT2D eigenvalue weighted by Gasteiger charge is -2.16. The minimum Gasteiger partial charge on any atom is -0.487 e. The molecule has 7 heteroatoms. The minimum absolute atomic E-state index is 0.0159. The maximum absolute atomic E-state index is 5.82. The number of ether oxygens (including phenoxy) is 1. The number of fused-ring (bicyclic) bond motifs is 1. The van der Waals surface area contributed by atoms with Crippen LogP contribution in [0.1, 0.15) is 32.4 Å². The van der Waals surface area contributed by atoms with E-state index in [-0.39, 0.29) is 6.10 Å². The van der Waals surface area contributed by atoms with E-state index < -0.39 is 0 Å². The Labute approximate surface area is 134 Å². The van der Waals surface area contributed by atoms with Gasteiger partial charge in [0.2, 0.25) is 5.65 Å². The zero-order valence-electron chi connectivity index (χ0n) is 13.5. The number of nitrogens with one attached hydrogen (secondary N) is 1. The number of aromatic nitrogens is 5. The van der Waals surface area contributed by atoms with Crippen LogP contribution in [0.3, 0.4) is 0 Å². The molecular formula is C16H20N6O. The fraction of sp³-hybridized carbons (Fsp3) is 0.375. The average Bonchev–Trinajstić information content (AvgIpc) is 3.02. The quantitative estimate of drug-likeness (QED) is 0.753. The Morgan fingerprint density at radius 1 is 1.30 bits per heavy atom. The number of anilines is 1. The zero-order chi connectivity index (χ0) is 16.2. The predicted octanol–water partition coefficient (Wildman–Crippen LogP) is 2.52. The first-order valence-electron chi connectivity index (χ1n) is 7.65. The Kier molecular flexibility index (Phi) is 4.36. The molecule has 0 fully saturated rings. The lowest BCUT2D eigenvalue weighted by atomic mass is 10.1. The second-order valence-corrected chi connectivity index (χ2v) is 5.73. The first-order chi connectivity index (χ1) is 11.1. The molecule has 0 radical (unpaired) electrons. The van der Waals surface area contributed by atoms with Crippen molar-refractivity contribution < 1.29 is 4.74 Å². The zero-order valence-corrected chi connectivity index (χ0v) is 13.5. The molecule has 0 saturated heterocycles. The van der Waals surface area contributed by atoms with Gasteiger partial charge in [0.15, 0.2) is 0 Å². The Hall–Kier alpha value is -2.70. The fourth-order valence-corrected chi connectivity index (χ4v) is 2.20. The van der Waals surface area contributed by atoms with Crippen LogP contribution in [0, 0.1) is 0 Å². The van der Waals surface area contributed by atoms with Gasteiger partial charge in [-0.3, -0.25) is 4.98 Å². The van der Waals surface area contributed by atoms with Crippen molar-refractivity contribution in [1.82, 2.24) is 24.8 Å². The van der Waals surface area contributed by atoms with E-state index >= 15 is 0 Å². The van der Waals surface area contributed by atoms with E-state index in [0.29, 0.717) is 18.1 Å². The molecule has 7 nitrogen and oxygen atoms in total. The number of pyridine rings is 1. The van der Waals surface area contributed by atoms with E-state index in [0.717, 1.165) is 17.1 Å². The van der Waals surface area contributed by atoms with Gasteiger partial charge in [-0.2, -0.15) is 9.61 Å². The molecule has 0 saturated carbocycles. The number of nitrogens with zero attached hydrogens (tertiary/aromatic N) is 5. The van der Waals surface area contributed by atoms with Gasteiger partial charge in [0.05, 0.1) is 24.1 Å². The molecule has 1 N–H and O–H groups in total. The van der Waals surface area contributed by atoms with E-state index in [1.807, 2.05) is 25.1 Å². The van der Waals surface area contributed by atoms with Gasteiger partial charge in [-0.05, 0) is 31.0 Å². The van der Waals surface area contributed by atoms with Gasteiger partial charge in [-0.25, -0.2) is 0 Å². The highest BCUT2D eigenvalue weighted by Crippen LogP contribution is 2.20. The fourth-order valence-electron chi connectivity index (χ4n) is 2.20. The van der Waals surface area contributed by atoms with E-state index in [2.05, 4.69) is 39.4 Å². The molecule has 1 unspecified atom stereocenters. The van der Waals surface area contributed by atoms with Gasteiger partial charge < -0.3 is 10.1 Å². The highest BCUT2D eigenvalue weighted by Gasteiger charge is 2.12. The molecule has 3 heterocycles. The number of hydrogen-bond acceptors (Lipinski definition) is 6. The lowest BCUT2D eigenvalue weighted by molar-refractivity contribution is 0.234. The van der Waals surface area contributed by atoms with Crippen LogP contribution in [-0.4, -0.2) is 37.4 Å². The highest BCUT2D eigenvalue weighted by molar-refractivity contribution is 5.66. The molecular weight excluding hydrogens is 292 g/mol. The molecule has 0 aliphatic rings. The van der Waals surface area contributed by atoms with Crippen molar-refractivity contribution in [3.05, 3.63) is 42.6 Å². The summed E-state index contributed by atoms with van der Waals surface area (Å²) in [6.45, 7) is 6.86. The molecule has 1 atom stereocenters. The topological polar surface area (TPSA) is 77.2 Å². The van der Waals surface area contributed by atoms with Crippen LogP contribution in [-0.2, 0) is 0 Å². The van der Waals surface area contributed by atoms with Crippen molar-refractivity contribution in [2.75, 3.05) is 11.9 Å². The van der Waals surface area contributed by atoms with E-state index in [1.54, 1.807) is 23.2 Å². The van der Waals surface area contributed by atoms with Crippen LogP contribution in [0.25, 0.3) is 5.65 Å². The van der Waals surface area contributed by atoms with Gasteiger partial charge in [-0.1, -0.05) is 13.8 Å². The molecule has 3 aromatic heterocycles. The molecule has 23 heavy (non-hydrogen) atoms. The van der Waals surface area contributed by atoms with Gasteiger partial charge in [0.25, 0.3) is 0 Å². The summed E-state index contributed by atoms with van der Waals surface area (Å²) in [6, 6.07) is 5.77. The van der Waals surface area contributed by atoms with E-state index in [4.69, 9.17) is 4.74 Å². The lowest BCUT2D eigenvalue weighted by Crippen LogP contribution is -2.23. The van der Waals surface area contributed by atoms with Gasteiger partial charge in [0, 0.05) is 6.20 Å². The maximum Gasteiger partial charge on any atom is 0.200 e. The van der Waals surface area contributed by atoms with Crippen LogP contribution >= 0.6 is 0 Å². The van der Waals surface area contributed by atoms with Crippen molar-refractivity contribution in [1.29, 1.82) is 0 Å². The van der Waals surface area contributed by atoms with E-state index in [1.165, 1.54) is 0 Å². The summed E-state index contributed by atoms with van der Waals surface area (Å²) < 4.78 is 7.52. The first kappa shape index (κ1) is 15.2. The number of rotatable bonds is 6. The van der Waals surface area contributed by atoms with Crippen LogP contribution in [0.5, 0.6) is 5.75 Å². The molecule has 0 bridgehead atoms. The molecule has 0 amide bonds. The Bertz CT molecular complexity index is 771. The van der Waals surface area contributed by atoms with Crippen molar-refractivity contribution in [3.8, 4) is 5.75 Å². The smallest absolute Gasteiger partial charge is 0.200 e. The van der Waals surface area contributed by atoms with E-state index in [9.17, 15) is 0 Å². The molecule has 3 aromatic rings. The summed E-state index contributed by atoms with van der Waals surface area (Å²) in [5.41, 5.74) is 2.60. The third-order valence-electron chi connectivity index (χ3n) is 3.43. The van der Waals surface area contributed by atoms with Crippen LogP contribution in [0.2, 0.25) is 0 Å². The first-order valence-corrected chi connectivity index (χ1v) is 7.65. The second kappa shape index (κ2) is 6.60. The Morgan fingerprint density at radius 2 is 2.17 bits per heavy atom. The monoisotopic (exact) mass is 312 g/mol. The average molecular weight is 312 g/mol. The van der Waals surface area contributed by atoms with Crippen molar-refractivity contribution in [2.24, 2.45) is 0 Å². The molecule has 0 aliphatic carbocycles. The summed E-state index contributed by atoms with van der Waals surface area (Å²) in [5.74, 6) is 1.08. The maximum atomic E-state index is 5.82. The van der Waals surface area contributed by atoms with Crippen LogP contribution in [0.15, 0.2) is 36.9 Å². The van der Waals surface area contributed by atoms with Gasteiger partial charge in [-0.15, -0.1) is 10.2 Å². The van der Waals surface area contributed by atoms with Crippen molar-refractivity contribution >= 4 is 11.3 Å². The molecule has 120 valence electrons. The summed E-state index contributed by atoms with van der Waals surface area (Å²) in [7, 11) is 0. The molecule has 0 spiro atoms. The van der Waals surface area contributed by atoms with Crippen LogP contribution < -0.4 is 10.1 Å². The summed E-state index contributed by atoms with van der Waals surface area (Å²) in [6.07, 6.45) is 5.03.